The van der Waals surface area contributed by atoms with Crippen molar-refractivity contribution in [1.29, 1.82) is 5.26 Å². The Bertz CT molecular complexity index is 563. The first-order valence-corrected chi connectivity index (χ1v) is 6.89. The number of carboxylic acids is 1. The molecule has 0 bridgehead atoms. The average Bonchev–Trinajstić information content (AvgIpc) is 2.49. The van der Waals surface area contributed by atoms with E-state index in [0.29, 0.717) is 19.6 Å². The maximum absolute atomic E-state index is 13.3. The maximum atomic E-state index is 13.3. The number of aliphatic carboxylic acids is 1. The van der Waals surface area contributed by atoms with Crippen LogP contribution >= 0.6 is 0 Å². The van der Waals surface area contributed by atoms with Gasteiger partial charge in [-0.2, -0.15) is 5.26 Å². The Hall–Kier alpha value is -1.97. The number of nitriles is 1. The van der Waals surface area contributed by atoms with Crippen molar-refractivity contribution in [2.75, 3.05) is 26.2 Å². The van der Waals surface area contributed by atoms with Gasteiger partial charge < -0.3 is 5.11 Å². The molecule has 1 atom stereocenters. The summed E-state index contributed by atoms with van der Waals surface area (Å²) < 4.78 is 13.3. The number of carboxylic acid groups (broad SMARTS) is 1. The fraction of sp³-hybridized carbons (Fsp3) is 0.467. The van der Waals surface area contributed by atoms with Crippen LogP contribution in [0.15, 0.2) is 18.2 Å². The fourth-order valence-electron chi connectivity index (χ4n) is 2.48. The molecular formula is C15H18FN3O2. The predicted molar refractivity (Wildman–Crippen MR) is 75.1 cm³/mol. The molecule has 1 heterocycles. The molecular weight excluding hydrogens is 273 g/mol. The van der Waals surface area contributed by atoms with Crippen molar-refractivity contribution in [2.24, 2.45) is 0 Å². The molecule has 112 valence electrons. The summed E-state index contributed by atoms with van der Waals surface area (Å²) in [6, 6.07) is 5.94. The summed E-state index contributed by atoms with van der Waals surface area (Å²) in [4.78, 5) is 15.1. The van der Waals surface area contributed by atoms with E-state index in [4.69, 9.17) is 10.4 Å². The van der Waals surface area contributed by atoms with Crippen LogP contribution < -0.4 is 0 Å². The Balaban J connectivity index is 1.92. The third-order valence-electron chi connectivity index (χ3n) is 3.87. The molecule has 1 fully saturated rings. The molecule has 1 saturated heterocycles. The lowest BCUT2D eigenvalue weighted by molar-refractivity contribution is -0.143. The minimum Gasteiger partial charge on any atom is -0.480 e. The van der Waals surface area contributed by atoms with Crippen LogP contribution in [0.4, 0.5) is 4.39 Å². The van der Waals surface area contributed by atoms with Gasteiger partial charge in [-0.05, 0) is 24.6 Å². The zero-order valence-electron chi connectivity index (χ0n) is 11.9. The van der Waals surface area contributed by atoms with E-state index in [2.05, 4.69) is 4.90 Å². The number of carbonyl (C=O) groups is 1. The molecule has 0 spiro atoms. The number of nitrogens with zero attached hydrogens (tertiary/aromatic N) is 3. The van der Waals surface area contributed by atoms with Gasteiger partial charge in [-0.25, -0.2) is 4.39 Å². The lowest BCUT2D eigenvalue weighted by Crippen LogP contribution is -2.51. The highest BCUT2D eigenvalue weighted by Gasteiger charge is 2.25. The van der Waals surface area contributed by atoms with Crippen molar-refractivity contribution in [3.05, 3.63) is 35.1 Å². The highest BCUT2D eigenvalue weighted by atomic mass is 19.1. The summed E-state index contributed by atoms with van der Waals surface area (Å²) in [7, 11) is 0. The van der Waals surface area contributed by atoms with Crippen LogP contribution in [-0.2, 0) is 11.3 Å². The fourth-order valence-corrected chi connectivity index (χ4v) is 2.48. The molecule has 0 saturated carbocycles. The molecule has 21 heavy (non-hydrogen) atoms. The largest absolute Gasteiger partial charge is 0.480 e. The van der Waals surface area contributed by atoms with Crippen molar-refractivity contribution in [2.45, 2.75) is 19.5 Å². The van der Waals surface area contributed by atoms with Crippen molar-refractivity contribution >= 4 is 5.97 Å². The third-order valence-corrected chi connectivity index (χ3v) is 3.87. The van der Waals surface area contributed by atoms with E-state index in [1.54, 1.807) is 19.1 Å². The van der Waals surface area contributed by atoms with Crippen molar-refractivity contribution < 1.29 is 14.3 Å². The minimum atomic E-state index is -0.805. The van der Waals surface area contributed by atoms with Gasteiger partial charge in [0.1, 0.15) is 17.9 Å². The van der Waals surface area contributed by atoms with E-state index in [1.807, 2.05) is 11.0 Å². The summed E-state index contributed by atoms with van der Waals surface area (Å²) in [5.74, 6) is -1.30. The first kappa shape index (κ1) is 15.4. The van der Waals surface area contributed by atoms with Crippen LogP contribution in [0.25, 0.3) is 0 Å². The SMILES string of the molecule is CC(C(=O)O)N1CCN(Cc2ccc(F)c(C#N)c2)CC1. The number of rotatable bonds is 4. The average molecular weight is 291 g/mol. The molecule has 5 nitrogen and oxygen atoms in total. The standard InChI is InChI=1S/C15H18FN3O2/c1-11(15(20)21)19-6-4-18(5-7-19)10-12-2-3-14(16)13(8-12)9-17/h2-3,8,11H,4-7,10H2,1H3,(H,20,21). The molecule has 0 amide bonds. The van der Waals surface area contributed by atoms with Crippen LogP contribution in [0.5, 0.6) is 0 Å². The molecule has 0 aliphatic carbocycles. The summed E-state index contributed by atoms with van der Waals surface area (Å²) in [5, 5.41) is 17.8. The molecule has 2 rings (SSSR count). The highest BCUT2D eigenvalue weighted by molar-refractivity contribution is 5.72. The Morgan fingerprint density at radius 3 is 2.67 bits per heavy atom. The van der Waals surface area contributed by atoms with Gasteiger partial charge in [-0.1, -0.05) is 6.07 Å². The van der Waals surface area contributed by atoms with Gasteiger partial charge in [0.2, 0.25) is 0 Å². The molecule has 1 aromatic rings. The molecule has 1 aliphatic rings. The zero-order valence-corrected chi connectivity index (χ0v) is 11.9. The number of hydrogen-bond acceptors (Lipinski definition) is 4. The van der Waals surface area contributed by atoms with Crippen molar-refractivity contribution in [3.8, 4) is 6.07 Å². The first-order chi connectivity index (χ1) is 10.0. The van der Waals surface area contributed by atoms with Crippen molar-refractivity contribution in [1.82, 2.24) is 9.80 Å². The normalized spacial score (nSPS) is 18.1. The van der Waals surface area contributed by atoms with Gasteiger partial charge in [-0.3, -0.25) is 14.6 Å². The number of hydrogen-bond donors (Lipinski definition) is 1. The topological polar surface area (TPSA) is 67.6 Å². The quantitative estimate of drug-likeness (QED) is 0.905. The Morgan fingerprint density at radius 2 is 2.10 bits per heavy atom. The maximum Gasteiger partial charge on any atom is 0.320 e. The van der Waals surface area contributed by atoms with Gasteiger partial charge in [0.15, 0.2) is 0 Å². The summed E-state index contributed by atoms with van der Waals surface area (Å²) in [6.45, 7) is 5.24. The van der Waals surface area contributed by atoms with Gasteiger partial charge in [0, 0.05) is 32.7 Å². The number of halogens is 1. The lowest BCUT2D eigenvalue weighted by atomic mass is 10.1. The van der Waals surface area contributed by atoms with E-state index < -0.39 is 17.8 Å². The number of piperazine rings is 1. The van der Waals surface area contributed by atoms with Crippen molar-refractivity contribution in [3.63, 3.8) is 0 Å². The Labute approximate surface area is 123 Å². The van der Waals surface area contributed by atoms with Gasteiger partial charge in [-0.15, -0.1) is 0 Å². The molecule has 0 aromatic heterocycles. The summed E-state index contributed by atoms with van der Waals surface area (Å²) in [5.41, 5.74) is 0.957. The monoisotopic (exact) mass is 291 g/mol. The molecule has 1 N–H and O–H groups in total. The van der Waals surface area contributed by atoms with E-state index in [0.717, 1.165) is 18.7 Å². The van der Waals surface area contributed by atoms with Gasteiger partial charge in [0.05, 0.1) is 5.56 Å². The molecule has 0 radical (unpaired) electrons. The van der Waals surface area contributed by atoms with Crippen LogP contribution in [0.1, 0.15) is 18.1 Å². The van der Waals surface area contributed by atoms with Crippen LogP contribution in [0, 0.1) is 17.1 Å². The first-order valence-electron chi connectivity index (χ1n) is 6.89. The van der Waals surface area contributed by atoms with E-state index >= 15 is 0 Å². The zero-order chi connectivity index (χ0) is 15.4. The second-order valence-electron chi connectivity index (χ2n) is 5.25. The Morgan fingerprint density at radius 1 is 1.43 bits per heavy atom. The third kappa shape index (κ3) is 3.78. The smallest absolute Gasteiger partial charge is 0.320 e. The molecule has 1 aromatic carbocycles. The molecule has 1 unspecified atom stereocenters. The predicted octanol–water partition coefficient (Wildman–Crippen LogP) is 1.29. The van der Waals surface area contributed by atoms with Gasteiger partial charge >= 0.3 is 5.97 Å². The highest BCUT2D eigenvalue weighted by Crippen LogP contribution is 2.14. The van der Waals surface area contributed by atoms with E-state index in [-0.39, 0.29) is 5.56 Å². The number of benzene rings is 1. The second-order valence-corrected chi connectivity index (χ2v) is 5.25. The van der Waals surface area contributed by atoms with Crippen LogP contribution in [-0.4, -0.2) is 53.1 Å². The molecule has 6 heteroatoms. The van der Waals surface area contributed by atoms with Crippen LogP contribution in [0.2, 0.25) is 0 Å². The van der Waals surface area contributed by atoms with E-state index in [1.165, 1.54) is 6.07 Å². The second kappa shape index (κ2) is 6.66. The van der Waals surface area contributed by atoms with E-state index in [9.17, 15) is 9.18 Å². The lowest BCUT2D eigenvalue weighted by Gasteiger charge is -2.36. The van der Waals surface area contributed by atoms with Crippen LogP contribution in [0.3, 0.4) is 0 Å². The molecule has 1 aliphatic heterocycles. The summed E-state index contributed by atoms with van der Waals surface area (Å²) >= 11 is 0. The van der Waals surface area contributed by atoms with Gasteiger partial charge in [0.25, 0.3) is 0 Å². The minimum absolute atomic E-state index is 0.0608. The summed E-state index contributed by atoms with van der Waals surface area (Å²) in [6.07, 6.45) is 0. The Kier molecular flexibility index (Phi) is 4.89.